The van der Waals surface area contributed by atoms with E-state index in [9.17, 15) is 9.18 Å². The van der Waals surface area contributed by atoms with Crippen LogP contribution in [-0.4, -0.2) is 37.0 Å². The van der Waals surface area contributed by atoms with Gasteiger partial charge in [0.2, 0.25) is 5.91 Å². The Kier molecular flexibility index (Phi) is 6.40. The normalized spacial score (nSPS) is 14.5. The average molecular weight is 404 g/mol. The molecule has 1 heterocycles. The lowest BCUT2D eigenvalue weighted by Crippen LogP contribution is -2.45. The van der Waals surface area contributed by atoms with Crippen molar-refractivity contribution in [2.75, 3.05) is 36.4 Å². The summed E-state index contributed by atoms with van der Waals surface area (Å²) in [6.07, 6.45) is 0.156. The van der Waals surface area contributed by atoms with Gasteiger partial charge < -0.3 is 10.2 Å². The molecular formula is C25H26FN3O. The van der Waals surface area contributed by atoms with Crippen molar-refractivity contribution in [2.24, 2.45) is 0 Å². The van der Waals surface area contributed by atoms with Crippen LogP contribution in [0, 0.1) is 5.82 Å². The van der Waals surface area contributed by atoms with Crippen LogP contribution in [0.1, 0.15) is 11.1 Å². The molecule has 0 saturated carbocycles. The van der Waals surface area contributed by atoms with Gasteiger partial charge in [-0.25, -0.2) is 4.39 Å². The maximum Gasteiger partial charge on any atom is 0.228 e. The zero-order valence-corrected chi connectivity index (χ0v) is 16.9. The zero-order valence-electron chi connectivity index (χ0n) is 16.9. The predicted molar refractivity (Wildman–Crippen MR) is 119 cm³/mol. The van der Waals surface area contributed by atoms with E-state index in [0.717, 1.165) is 44.1 Å². The van der Waals surface area contributed by atoms with Crippen LogP contribution in [0.4, 0.5) is 15.8 Å². The number of piperazine rings is 1. The molecule has 1 aliphatic heterocycles. The highest BCUT2D eigenvalue weighted by atomic mass is 19.1. The number of carbonyl (C=O) groups excluding carboxylic acids is 1. The van der Waals surface area contributed by atoms with E-state index in [4.69, 9.17) is 0 Å². The van der Waals surface area contributed by atoms with E-state index in [2.05, 4.69) is 45.4 Å². The summed E-state index contributed by atoms with van der Waals surface area (Å²) in [5.74, 6) is -0.476. The van der Waals surface area contributed by atoms with Crippen molar-refractivity contribution in [1.29, 1.82) is 0 Å². The van der Waals surface area contributed by atoms with Crippen molar-refractivity contribution < 1.29 is 9.18 Å². The van der Waals surface area contributed by atoms with Gasteiger partial charge >= 0.3 is 0 Å². The number of nitrogens with one attached hydrogen (secondary N) is 1. The first-order valence-corrected chi connectivity index (χ1v) is 10.3. The van der Waals surface area contributed by atoms with Crippen LogP contribution in [0.15, 0.2) is 78.9 Å². The minimum Gasteiger partial charge on any atom is -0.369 e. The van der Waals surface area contributed by atoms with Crippen molar-refractivity contribution in [2.45, 2.75) is 13.0 Å². The van der Waals surface area contributed by atoms with Crippen molar-refractivity contribution in [3.05, 3.63) is 95.8 Å². The molecule has 0 aromatic heterocycles. The van der Waals surface area contributed by atoms with Gasteiger partial charge in [0.25, 0.3) is 0 Å². The topological polar surface area (TPSA) is 35.6 Å². The summed E-state index contributed by atoms with van der Waals surface area (Å²) in [5.41, 5.74) is 3.93. The third-order valence-electron chi connectivity index (χ3n) is 5.39. The minimum atomic E-state index is -0.325. The highest BCUT2D eigenvalue weighted by Crippen LogP contribution is 2.20. The van der Waals surface area contributed by atoms with Gasteiger partial charge in [-0.15, -0.1) is 0 Å². The molecule has 1 saturated heterocycles. The second-order valence-corrected chi connectivity index (χ2v) is 7.65. The summed E-state index contributed by atoms with van der Waals surface area (Å²) in [6, 6.07) is 24.7. The number of amides is 1. The number of hydrogen-bond donors (Lipinski definition) is 1. The summed E-state index contributed by atoms with van der Waals surface area (Å²) >= 11 is 0. The van der Waals surface area contributed by atoms with E-state index in [1.807, 2.05) is 24.3 Å². The molecule has 1 N–H and O–H groups in total. The first-order valence-electron chi connectivity index (χ1n) is 10.3. The van der Waals surface area contributed by atoms with Gasteiger partial charge in [-0.05, 0) is 47.5 Å². The number of anilines is 2. The molecule has 3 aromatic rings. The minimum absolute atomic E-state index is 0.150. The van der Waals surface area contributed by atoms with Gasteiger partial charge in [0, 0.05) is 44.1 Å². The van der Waals surface area contributed by atoms with Gasteiger partial charge in [-0.1, -0.05) is 42.5 Å². The molecule has 0 radical (unpaired) electrons. The molecule has 0 bridgehead atoms. The number of benzene rings is 3. The van der Waals surface area contributed by atoms with E-state index in [0.29, 0.717) is 5.56 Å². The van der Waals surface area contributed by atoms with Gasteiger partial charge in [0.1, 0.15) is 5.82 Å². The van der Waals surface area contributed by atoms with Crippen LogP contribution >= 0.6 is 0 Å². The molecule has 0 atom stereocenters. The zero-order chi connectivity index (χ0) is 20.8. The standard InChI is InChI=1S/C25H26FN3O/c26-22-8-4-7-21(17-22)18-25(30)27-23-9-11-24(12-10-23)29-15-13-28(14-16-29)19-20-5-2-1-3-6-20/h1-12,17H,13-16,18-19H2,(H,27,30). The van der Waals surface area contributed by atoms with Crippen LogP contribution in [0.5, 0.6) is 0 Å². The van der Waals surface area contributed by atoms with Gasteiger partial charge in [0.15, 0.2) is 0 Å². The fourth-order valence-electron chi connectivity index (χ4n) is 3.80. The smallest absolute Gasteiger partial charge is 0.228 e. The molecule has 5 heteroatoms. The SMILES string of the molecule is O=C(Cc1cccc(F)c1)Nc1ccc(N2CCN(Cc3ccccc3)CC2)cc1. The third kappa shape index (κ3) is 5.45. The number of rotatable bonds is 6. The molecule has 3 aromatic carbocycles. The number of nitrogens with zero attached hydrogens (tertiary/aromatic N) is 2. The molecule has 0 aliphatic carbocycles. The lowest BCUT2D eigenvalue weighted by molar-refractivity contribution is -0.115. The van der Waals surface area contributed by atoms with E-state index in [1.54, 1.807) is 12.1 Å². The summed E-state index contributed by atoms with van der Waals surface area (Å²) in [4.78, 5) is 17.1. The highest BCUT2D eigenvalue weighted by molar-refractivity contribution is 5.92. The Labute approximate surface area is 176 Å². The Morgan fingerprint density at radius 3 is 2.23 bits per heavy atom. The lowest BCUT2D eigenvalue weighted by atomic mass is 10.1. The molecule has 1 fully saturated rings. The van der Waals surface area contributed by atoms with Crippen LogP contribution < -0.4 is 10.2 Å². The van der Waals surface area contributed by atoms with E-state index in [-0.39, 0.29) is 18.1 Å². The molecule has 1 amide bonds. The Morgan fingerprint density at radius 2 is 1.53 bits per heavy atom. The maximum atomic E-state index is 13.3. The van der Waals surface area contributed by atoms with Crippen molar-refractivity contribution in [3.63, 3.8) is 0 Å². The van der Waals surface area contributed by atoms with Crippen LogP contribution in [-0.2, 0) is 17.8 Å². The second-order valence-electron chi connectivity index (χ2n) is 7.65. The molecule has 30 heavy (non-hydrogen) atoms. The quantitative estimate of drug-likeness (QED) is 0.666. The molecular weight excluding hydrogens is 377 g/mol. The second kappa shape index (κ2) is 9.55. The van der Waals surface area contributed by atoms with Crippen LogP contribution in [0.25, 0.3) is 0 Å². The summed E-state index contributed by atoms with van der Waals surface area (Å²) in [7, 11) is 0. The highest BCUT2D eigenvalue weighted by Gasteiger charge is 2.17. The Morgan fingerprint density at radius 1 is 0.833 bits per heavy atom. The summed E-state index contributed by atoms with van der Waals surface area (Å²) in [5, 5.41) is 2.89. The van der Waals surface area contributed by atoms with E-state index >= 15 is 0 Å². The molecule has 154 valence electrons. The fraction of sp³-hybridized carbons (Fsp3) is 0.240. The molecule has 1 aliphatic rings. The van der Waals surface area contributed by atoms with Gasteiger partial charge in [-0.2, -0.15) is 0 Å². The first kappa shape index (κ1) is 20.1. The van der Waals surface area contributed by atoms with Crippen LogP contribution in [0.3, 0.4) is 0 Å². The van der Waals surface area contributed by atoms with Crippen molar-refractivity contribution in [1.82, 2.24) is 4.90 Å². The molecule has 4 rings (SSSR count). The molecule has 4 nitrogen and oxygen atoms in total. The molecule has 0 unspecified atom stereocenters. The third-order valence-corrected chi connectivity index (χ3v) is 5.39. The summed E-state index contributed by atoms with van der Waals surface area (Å²) in [6.45, 7) is 5.02. The van der Waals surface area contributed by atoms with E-state index in [1.165, 1.54) is 17.7 Å². The van der Waals surface area contributed by atoms with Crippen LogP contribution in [0.2, 0.25) is 0 Å². The maximum absolute atomic E-state index is 13.3. The van der Waals surface area contributed by atoms with Gasteiger partial charge in [0.05, 0.1) is 6.42 Å². The van der Waals surface area contributed by atoms with Crippen molar-refractivity contribution >= 4 is 17.3 Å². The van der Waals surface area contributed by atoms with Crippen molar-refractivity contribution in [3.8, 4) is 0 Å². The van der Waals surface area contributed by atoms with E-state index < -0.39 is 0 Å². The Balaban J connectivity index is 1.27. The fourth-order valence-corrected chi connectivity index (χ4v) is 3.80. The number of carbonyl (C=O) groups is 1. The predicted octanol–water partition coefficient (Wildman–Crippen LogP) is 4.33. The van der Waals surface area contributed by atoms with Gasteiger partial charge in [-0.3, -0.25) is 9.69 Å². The lowest BCUT2D eigenvalue weighted by Gasteiger charge is -2.36. The Hall–Kier alpha value is -3.18. The average Bonchev–Trinajstić information content (AvgIpc) is 2.76. The first-order chi connectivity index (χ1) is 14.7. The number of halogens is 1. The molecule has 0 spiro atoms. The largest absolute Gasteiger partial charge is 0.369 e. The monoisotopic (exact) mass is 403 g/mol. The Bertz CT molecular complexity index is 967. The number of hydrogen-bond acceptors (Lipinski definition) is 3. The summed E-state index contributed by atoms with van der Waals surface area (Å²) < 4.78 is 13.3.